The van der Waals surface area contributed by atoms with Crippen LogP contribution >= 0.6 is 0 Å². The SMILES string of the molecule is CC1CCCC(C#N)(C(O)c2cccc(F)c2)C1. The van der Waals surface area contributed by atoms with E-state index in [2.05, 4.69) is 13.0 Å². The van der Waals surface area contributed by atoms with Gasteiger partial charge in [0.25, 0.3) is 0 Å². The van der Waals surface area contributed by atoms with E-state index in [0.29, 0.717) is 24.3 Å². The predicted molar refractivity (Wildman–Crippen MR) is 67.0 cm³/mol. The maximum Gasteiger partial charge on any atom is 0.123 e. The molecule has 1 aromatic rings. The lowest BCUT2D eigenvalue weighted by molar-refractivity contribution is 0.0217. The highest BCUT2D eigenvalue weighted by Gasteiger charge is 2.42. The summed E-state index contributed by atoms with van der Waals surface area (Å²) in [6.07, 6.45) is 2.51. The smallest absolute Gasteiger partial charge is 0.123 e. The fourth-order valence-electron chi connectivity index (χ4n) is 3.00. The highest BCUT2D eigenvalue weighted by atomic mass is 19.1. The van der Waals surface area contributed by atoms with Gasteiger partial charge in [0.15, 0.2) is 0 Å². The van der Waals surface area contributed by atoms with Crippen molar-refractivity contribution in [2.45, 2.75) is 38.7 Å². The van der Waals surface area contributed by atoms with E-state index in [1.165, 1.54) is 12.1 Å². The molecule has 0 spiro atoms. The first-order chi connectivity index (χ1) is 8.57. The monoisotopic (exact) mass is 247 g/mol. The van der Waals surface area contributed by atoms with Crippen molar-refractivity contribution in [2.24, 2.45) is 11.3 Å². The van der Waals surface area contributed by atoms with Gasteiger partial charge in [0.05, 0.1) is 17.6 Å². The molecular formula is C15H18FNO. The molecule has 0 aromatic heterocycles. The van der Waals surface area contributed by atoms with E-state index in [9.17, 15) is 14.8 Å². The second-order valence-electron chi connectivity index (χ2n) is 5.43. The van der Waals surface area contributed by atoms with Crippen molar-refractivity contribution in [2.75, 3.05) is 0 Å². The van der Waals surface area contributed by atoms with Gasteiger partial charge in [-0.2, -0.15) is 5.26 Å². The van der Waals surface area contributed by atoms with E-state index >= 15 is 0 Å². The van der Waals surface area contributed by atoms with Crippen LogP contribution in [-0.4, -0.2) is 5.11 Å². The fraction of sp³-hybridized carbons (Fsp3) is 0.533. The van der Waals surface area contributed by atoms with Crippen molar-refractivity contribution in [3.05, 3.63) is 35.6 Å². The highest BCUT2D eigenvalue weighted by molar-refractivity contribution is 5.24. The van der Waals surface area contributed by atoms with Gasteiger partial charge in [0, 0.05) is 0 Å². The average molecular weight is 247 g/mol. The van der Waals surface area contributed by atoms with Gasteiger partial charge >= 0.3 is 0 Å². The normalized spacial score (nSPS) is 29.6. The number of nitrogens with zero attached hydrogens (tertiary/aromatic N) is 1. The van der Waals surface area contributed by atoms with Gasteiger partial charge in [0.1, 0.15) is 5.82 Å². The zero-order valence-electron chi connectivity index (χ0n) is 10.6. The quantitative estimate of drug-likeness (QED) is 0.868. The molecule has 3 unspecified atom stereocenters. The van der Waals surface area contributed by atoms with Crippen molar-refractivity contribution in [3.8, 4) is 6.07 Å². The number of halogens is 1. The zero-order valence-corrected chi connectivity index (χ0v) is 10.6. The fourth-order valence-corrected chi connectivity index (χ4v) is 3.00. The molecule has 96 valence electrons. The van der Waals surface area contributed by atoms with Crippen LogP contribution in [0.15, 0.2) is 24.3 Å². The molecule has 18 heavy (non-hydrogen) atoms. The molecule has 0 aliphatic heterocycles. The Morgan fingerprint density at radius 3 is 2.94 bits per heavy atom. The Morgan fingerprint density at radius 2 is 2.33 bits per heavy atom. The van der Waals surface area contributed by atoms with E-state index in [4.69, 9.17) is 0 Å². The van der Waals surface area contributed by atoms with Gasteiger partial charge in [-0.3, -0.25) is 0 Å². The molecule has 2 nitrogen and oxygen atoms in total. The summed E-state index contributed by atoms with van der Waals surface area (Å²) in [7, 11) is 0. The topological polar surface area (TPSA) is 44.0 Å². The first-order valence-corrected chi connectivity index (χ1v) is 6.42. The predicted octanol–water partition coefficient (Wildman–Crippen LogP) is 3.58. The second kappa shape index (κ2) is 5.07. The second-order valence-corrected chi connectivity index (χ2v) is 5.43. The van der Waals surface area contributed by atoms with Gasteiger partial charge in [-0.05, 0) is 36.5 Å². The van der Waals surface area contributed by atoms with Crippen LogP contribution < -0.4 is 0 Å². The summed E-state index contributed by atoms with van der Waals surface area (Å²) in [6.45, 7) is 2.10. The minimum atomic E-state index is -0.902. The van der Waals surface area contributed by atoms with Crippen LogP contribution in [0.4, 0.5) is 4.39 Å². The maximum absolute atomic E-state index is 13.2. The summed E-state index contributed by atoms with van der Waals surface area (Å²) in [6, 6.07) is 8.22. The number of rotatable bonds is 2. The van der Waals surface area contributed by atoms with Crippen LogP contribution in [0, 0.1) is 28.5 Å². The third kappa shape index (κ3) is 2.39. The molecule has 0 saturated heterocycles. The van der Waals surface area contributed by atoms with E-state index < -0.39 is 11.5 Å². The molecule has 1 saturated carbocycles. The van der Waals surface area contributed by atoms with Crippen LogP contribution in [0.1, 0.15) is 44.3 Å². The Morgan fingerprint density at radius 1 is 1.56 bits per heavy atom. The Hall–Kier alpha value is -1.40. The van der Waals surface area contributed by atoms with Gasteiger partial charge in [-0.1, -0.05) is 31.9 Å². The van der Waals surface area contributed by atoms with Crippen LogP contribution in [0.25, 0.3) is 0 Å². The Bertz CT molecular complexity index is 468. The summed E-state index contributed by atoms with van der Waals surface area (Å²) in [5.41, 5.74) is -0.253. The molecule has 1 N–H and O–H groups in total. The molecule has 3 atom stereocenters. The summed E-state index contributed by atoms with van der Waals surface area (Å²) in [5.74, 6) is 0.0603. The lowest BCUT2D eigenvalue weighted by Crippen LogP contribution is -2.33. The van der Waals surface area contributed by atoms with Crippen molar-refractivity contribution < 1.29 is 9.50 Å². The minimum Gasteiger partial charge on any atom is -0.387 e. The van der Waals surface area contributed by atoms with Crippen molar-refractivity contribution in [1.82, 2.24) is 0 Å². The van der Waals surface area contributed by atoms with Gasteiger partial charge in [0.2, 0.25) is 0 Å². The molecule has 0 amide bonds. The third-order valence-corrected chi connectivity index (χ3v) is 3.94. The van der Waals surface area contributed by atoms with E-state index in [-0.39, 0.29) is 5.82 Å². The van der Waals surface area contributed by atoms with E-state index in [1.54, 1.807) is 12.1 Å². The molecular weight excluding hydrogens is 229 g/mol. The Labute approximate surface area is 107 Å². The average Bonchev–Trinajstić information content (AvgIpc) is 2.37. The molecule has 1 aliphatic carbocycles. The highest BCUT2D eigenvalue weighted by Crippen LogP contribution is 2.47. The van der Waals surface area contributed by atoms with Crippen molar-refractivity contribution in [1.29, 1.82) is 5.26 Å². The van der Waals surface area contributed by atoms with Crippen LogP contribution in [0.3, 0.4) is 0 Å². The van der Waals surface area contributed by atoms with Crippen LogP contribution in [0.5, 0.6) is 0 Å². The first-order valence-electron chi connectivity index (χ1n) is 6.42. The minimum absolute atomic E-state index is 0.372. The zero-order chi connectivity index (χ0) is 13.2. The molecule has 1 fully saturated rings. The summed E-state index contributed by atoms with van der Waals surface area (Å²) in [5, 5.41) is 19.9. The number of aliphatic hydroxyl groups excluding tert-OH is 1. The van der Waals surface area contributed by atoms with Crippen molar-refractivity contribution in [3.63, 3.8) is 0 Å². The third-order valence-electron chi connectivity index (χ3n) is 3.94. The molecule has 0 radical (unpaired) electrons. The van der Waals surface area contributed by atoms with Gasteiger partial charge in [-0.15, -0.1) is 0 Å². The summed E-state index contributed by atoms with van der Waals surface area (Å²) < 4.78 is 13.2. The van der Waals surface area contributed by atoms with E-state index in [1.807, 2.05) is 0 Å². The number of nitriles is 1. The van der Waals surface area contributed by atoms with E-state index in [0.717, 1.165) is 12.8 Å². The number of benzene rings is 1. The lowest BCUT2D eigenvalue weighted by Gasteiger charge is -2.38. The Balaban J connectivity index is 2.30. The Kier molecular flexibility index (Phi) is 3.68. The van der Waals surface area contributed by atoms with Crippen LogP contribution in [-0.2, 0) is 0 Å². The molecule has 0 heterocycles. The largest absolute Gasteiger partial charge is 0.387 e. The maximum atomic E-state index is 13.2. The first kappa shape index (κ1) is 13.0. The van der Waals surface area contributed by atoms with Crippen LogP contribution in [0.2, 0.25) is 0 Å². The molecule has 1 aromatic carbocycles. The molecule has 1 aliphatic rings. The summed E-state index contributed by atoms with van der Waals surface area (Å²) >= 11 is 0. The van der Waals surface area contributed by atoms with Gasteiger partial charge in [-0.25, -0.2) is 4.39 Å². The molecule has 3 heteroatoms. The molecule has 2 rings (SSSR count). The van der Waals surface area contributed by atoms with Crippen molar-refractivity contribution >= 4 is 0 Å². The van der Waals surface area contributed by atoms with Gasteiger partial charge < -0.3 is 5.11 Å². The standard InChI is InChI=1S/C15H18FNO/c1-11-4-3-7-15(9-11,10-17)14(18)12-5-2-6-13(16)8-12/h2,5-6,8,11,14,18H,3-4,7,9H2,1H3. The summed E-state index contributed by atoms with van der Waals surface area (Å²) in [4.78, 5) is 0. The molecule has 0 bridgehead atoms. The lowest BCUT2D eigenvalue weighted by atomic mass is 9.66. The number of hydrogen-bond donors (Lipinski definition) is 1. The number of hydrogen-bond acceptors (Lipinski definition) is 2. The number of aliphatic hydroxyl groups is 1.